The summed E-state index contributed by atoms with van der Waals surface area (Å²) in [5.41, 5.74) is 0.946. The van der Waals surface area contributed by atoms with E-state index in [-0.39, 0.29) is 18.1 Å². The molecule has 0 spiro atoms. The van der Waals surface area contributed by atoms with Crippen LogP contribution in [0.25, 0.3) is 6.08 Å². The maximum atomic E-state index is 13.6. The summed E-state index contributed by atoms with van der Waals surface area (Å²) in [7, 11) is 1.66. The number of rotatable bonds is 7. The van der Waals surface area contributed by atoms with E-state index in [0.717, 1.165) is 53.5 Å². The number of hydrogen-bond acceptors (Lipinski definition) is 5. The van der Waals surface area contributed by atoms with Crippen LogP contribution in [0.4, 0.5) is 0 Å². The maximum Gasteiger partial charge on any atom is 0.266 e. The molecule has 0 aromatic heterocycles. The summed E-state index contributed by atoms with van der Waals surface area (Å²) in [6, 6.07) is 6.55. The molecule has 0 bridgehead atoms. The van der Waals surface area contributed by atoms with E-state index in [0.29, 0.717) is 11.8 Å². The van der Waals surface area contributed by atoms with Crippen molar-refractivity contribution in [3.05, 3.63) is 28.7 Å². The zero-order chi connectivity index (χ0) is 23.2. The molecule has 0 N–H and O–H groups in total. The number of carbonyl (C=O) groups is 1. The number of amides is 1. The number of ether oxygens (including phenoxy) is 2. The normalized spacial score (nSPS) is 24.0. The van der Waals surface area contributed by atoms with Crippen LogP contribution in [0, 0.1) is 0 Å². The van der Waals surface area contributed by atoms with Crippen molar-refractivity contribution < 1.29 is 14.3 Å². The van der Waals surface area contributed by atoms with Crippen molar-refractivity contribution in [2.45, 2.75) is 103 Å². The van der Waals surface area contributed by atoms with Gasteiger partial charge in [-0.05, 0) is 74.6 Å². The number of nitrogens with zero attached hydrogens (tertiary/aromatic N) is 2. The van der Waals surface area contributed by atoms with Crippen molar-refractivity contribution >= 4 is 28.9 Å². The first-order valence-electron chi connectivity index (χ1n) is 12.7. The van der Waals surface area contributed by atoms with E-state index in [2.05, 4.69) is 13.8 Å². The van der Waals surface area contributed by atoms with Gasteiger partial charge < -0.3 is 9.47 Å². The number of amidine groups is 1. The first-order chi connectivity index (χ1) is 16.1. The van der Waals surface area contributed by atoms with Crippen LogP contribution >= 0.6 is 11.8 Å². The van der Waals surface area contributed by atoms with Gasteiger partial charge in [0.1, 0.15) is 0 Å². The van der Waals surface area contributed by atoms with Crippen molar-refractivity contribution in [3.8, 4) is 11.5 Å². The Hall–Kier alpha value is -1.95. The van der Waals surface area contributed by atoms with Crippen molar-refractivity contribution in [3.63, 3.8) is 0 Å². The van der Waals surface area contributed by atoms with Crippen molar-refractivity contribution in [2.75, 3.05) is 7.11 Å². The molecule has 5 nitrogen and oxygen atoms in total. The number of methoxy groups -OCH3 is 1. The first-order valence-corrected chi connectivity index (χ1v) is 13.6. The second-order valence-electron chi connectivity index (χ2n) is 9.53. The fourth-order valence-corrected chi connectivity index (χ4v) is 6.04. The molecule has 2 saturated carbocycles. The summed E-state index contributed by atoms with van der Waals surface area (Å²) in [5, 5.41) is 0.925. The molecule has 1 saturated heterocycles. The smallest absolute Gasteiger partial charge is 0.266 e. The molecular weight excluding hydrogens is 432 g/mol. The Labute approximate surface area is 203 Å². The average Bonchev–Trinajstić information content (AvgIpc) is 3.15. The molecule has 1 amide bonds. The summed E-state index contributed by atoms with van der Waals surface area (Å²) in [5.74, 6) is 1.54. The van der Waals surface area contributed by atoms with Gasteiger partial charge in [0.15, 0.2) is 16.7 Å². The summed E-state index contributed by atoms with van der Waals surface area (Å²) in [6.45, 7) is 4.15. The lowest BCUT2D eigenvalue weighted by atomic mass is 9.94. The second kappa shape index (κ2) is 11.5. The van der Waals surface area contributed by atoms with Crippen molar-refractivity contribution in [1.29, 1.82) is 0 Å². The molecule has 33 heavy (non-hydrogen) atoms. The fraction of sp³-hybridized carbons (Fsp3) is 0.630. The Bertz CT molecular complexity index is 885. The highest BCUT2D eigenvalue weighted by Crippen LogP contribution is 2.39. The third-order valence-electron chi connectivity index (χ3n) is 7.03. The average molecular weight is 471 g/mol. The van der Waals surface area contributed by atoms with Crippen LogP contribution in [-0.4, -0.2) is 41.3 Å². The number of aliphatic imine (C=N–C) groups is 1. The van der Waals surface area contributed by atoms with Gasteiger partial charge in [0, 0.05) is 6.04 Å². The molecule has 6 heteroatoms. The van der Waals surface area contributed by atoms with Crippen LogP contribution in [0.5, 0.6) is 11.5 Å². The Morgan fingerprint density at radius 2 is 1.79 bits per heavy atom. The molecule has 0 radical (unpaired) electrons. The van der Waals surface area contributed by atoms with Crippen LogP contribution in [-0.2, 0) is 4.79 Å². The Morgan fingerprint density at radius 1 is 1.09 bits per heavy atom. The van der Waals surface area contributed by atoms with Gasteiger partial charge in [-0.1, -0.05) is 51.5 Å². The van der Waals surface area contributed by atoms with Crippen LogP contribution in [0.2, 0.25) is 0 Å². The topological polar surface area (TPSA) is 51.1 Å². The van der Waals surface area contributed by atoms with E-state index in [9.17, 15) is 4.79 Å². The van der Waals surface area contributed by atoms with E-state index in [1.807, 2.05) is 29.2 Å². The molecule has 1 aliphatic heterocycles. The number of carbonyl (C=O) groups excluding carboxylic acids is 1. The van der Waals surface area contributed by atoms with Crippen LogP contribution in [0.15, 0.2) is 28.1 Å². The highest BCUT2D eigenvalue weighted by molar-refractivity contribution is 8.18. The van der Waals surface area contributed by atoms with Gasteiger partial charge in [0.05, 0.1) is 24.2 Å². The van der Waals surface area contributed by atoms with Gasteiger partial charge in [0.25, 0.3) is 5.91 Å². The molecule has 1 unspecified atom stereocenters. The van der Waals surface area contributed by atoms with Gasteiger partial charge in [0.2, 0.25) is 0 Å². The summed E-state index contributed by atoms with van der Waals surface area (Å²) in [6.07, 6.45) is 15.0. The van der Waals surface area contributed by atoms with E-state index >= 15 is 0 Å². The molecule has 3 fully saturated rings. The van der Waals surface area contributed by atoms with E-state index < -0.39 is 0 Å². The highest BCUT2D eigenvalue weighted by Gasteiger charge is 2.39. The quantitative estimate of drug-likeness (QED) is 0.411. The van der Waals surface area contributed by atoms with Gasteiger partial charge in [-0.15, -0.1) is 0 Å². The van der Waals surface area contributed by atoms with E-state index in [1.54, 1.807) is 18.9 Å². The lowest BCUT2D eigenvalue weighted by Gasteiger charge is -2.31. The number of thioether (sulfide) groups is 1. The molecule has 1 heterocycles. The molecule has 2 aliphatic carbocycles. The summed E-state index contributed by atoms with van der Waals surface area (Å²) in [4.78, 5) is 21.5. The van der Waals surface area contributed by atoms with Crippen LogP contribution in [0.3, 0.4) is 0 Å². The predicted octanol–water partition coefficient (Wildman–Crippen LogP) is 6.81. The summed E-state index contributed by atoms with van der Waals surface area (Å²) < 4.78 is 11.6. The molecule has 4 rings (SSSR count). The molecule has 1 aromatic carbocycles. The van der Waals surface area contributed by atoms with Crippen LogP contribution in [0.1, 0.15) is 90.0 Å². The first kappa shape index (κ1) is 24.2. The number of benzene rings is 1. The monoisotopic (exact) mass is 470 g/mol. The van der Waals surface area contributed by atoms with E-state index in [4.69, 9.17) is 14.5 Å². The SMILES string of the molecule is CCC(C)Oc1ccc(C=C2SC(=NC3CCCCC3)N(C3CCCCC3)C2=O)cc1OC. The molecule has 3 aliphatic rings. The maximum absolute atomic E-state index is 13.6. The van der Waals surface area contributed by atoms with Crippen molar-refractivity contribution in [1.82, 2.24) is 4.90 Å². The number of hydrogen-bond donors (Lipinski definition) is 0. The molecule has 180 valence electrons. The summed E-state index contributed by atoms with van der Waals surface area (Å²) >= 11 is 1.56. The van der Waals surface area contributed by atoms with Crippen molar-refractivity contribution in [2.24, 2.45) is 4.99 Å². The lowest BCUT2D eigenvalue weighted by molar-refractivity contribution is -0.124. The van der Waals surface area contributed by atoms with Gasteiger partial charge in [-0.2, -0.15) is 0 Å². The van der Waals surface area contributed by atoms with E-state index in [1.165, 1.54) is 38.5 Å². The standard InChI is InChI=1S/C27H38N2O3S/c1-4-19(2)32-23-16-15-20(17-24(23)31-3)18-25-26(30)29(22-13-9-6-10-14-22)27(33-25)28-21-11-7-5-8-12-21/h15-19,21-22H,4-14H2,1-3H3. The van der Waals surface area contributed by atoms with Gasteiger partial charge >= 0.3 is 0 Å². The third-order valence-corrected chi connectivity index (χ3v) is 8.03. The van der Waals surface area contributed by atoms with Crippen LogP contribution < -0.4 is 9.47 Å². The zero-order valence-electron chi connectivity index (χ0n) is 20.3. The zero-order valence-corrected chi connectivity index (χ0v) is 21.2. The second-order valence-corrected chi connectivity index (χ2v) is 10.5. The molecule has 1 atom stereocenters. The molecular formula is C27H38N2O3S. The third kappa shape index (κ3) is 5.95. The van der Waals surface area contributed by atoms with Gasteiger partial charge in [-0.3, -0.25) is 14.7 Å². The van der Waals surface area contributed by atoms with Gasteiger partial charge in [-0.25, -0.2) is 0 Å². The largest absolute Gasteiger partial charge is 0.493 e. The minimum Gasteiger partial charge on any atom is -0.493 e. The predicted molar refractivity (Wildman–Crippen MR) is 137 cm³/mol. The Kier molecular flexibility index (Phi) is 8.39. The Morgan fingerprint density at radius 3 is 2.45 bits per heavy atom. The molecule has 1 aromatic rings. The Balaban J connectivity index is 1.60. The fourth-order valence-electron chi connectivity index (χ4n) is 4.93. The lowest BCUT2D eigenvalue weighted by Crippen LogP contribution is -2.41. The minimum absolute atomic E-state index is 0.111. The minimum atomic E-state index is 0.111. The highest BCUT2D eigenvalue weighted by atomic mass is 32.2.